The lowest BCUT2D eigenvalue weighted by molar-refractivity contribution is -0.192. The molecule has 0 unspecified atom stereocenters. The summed E-state index contributed by atoms with van der Waals surface area (Å²) in [6.07, 6.45) is 1.05. The van der Waals surface area contributed by atoms with Gasteiger partial charge < -0.3 is 19.5 Å². The lowest BCUT2D eigenvalue weighted by atomic mass is 9.89. The minimum absolute atomic E-state index is 0.000712. The van der Waals surface area contributed by atoms with Crippen molar-refractivity contribution in [3.05, 3.63) is 40.6 Å². The average molecular weight is 473 g/mol. The monoisotopic (exact) mass is 473 g/mol. The van der Waals surface area contributed by atoms with Crippen molar-refractivity contribution in [3.8, 4) is 5.75 Å². The number of nitrogens with zero attached hydrogens (tertiary/aromatic N) is 3. The lowest BCUT2D eigenvalue weighted by Crippen LogP contribution is -2.50. The molecular weight excluding hydrogens is 451 g/mol. The van der Waals surface area contributed by atoms with E-state index in [1.807, 2.05) is 29.3 Å². The minimum Gasteiger partial charge on any atom is -0.486 e. The van der Waals surface area contributed by atoms with E-state index in [4.69, 9.17) is 19.4 Å². The van der Waals surface area contributed by atoms with Gasteiger partial charge in [0.2, 0.25) is 0 Å². The van der Waals surface area contributed by atoms with Gasteiger partial charge in [0.15, 0.2) is 0 Å². The van der Waals surface area contributed by atoms with Gasteiger partial charge in [-0.1, -0.05) is 0 Å². The van der Waals surface area contributed by atoms with Gasteiger partial charge in [0.05, 0.1) is 30.0 Å². The largest absolute Gasteiger partial charge is 0.490 e. The number of aryl methyl sites for hydroxylation is 1. The summed E-state index contributed by atoms with van der Waals surface area (Å²) in [6.45, 7) is 3.83. The fourth-order valence-corrected chi connectivity index (χ4v) is 4.25. The van der Waals surface area contributed by atoms with Gasteiger partial charge in [0, 0.05) is 24.5 Å². The lowest BCUT2D eigenvalue weighted by Gasteiger charge is -2.39. The minimum atomic E-state index is -5.08. The predicted molar refractivity (Wildman–Crippen MR) is 108 cm³/mol. The van der Waals surface area contributed by atoms with Crippen LogP contribution in [-0.4, -0.2) is 69.4 Å². The molecule has 12 heteroatoms. The Morgan fingerprint density at radius 3 is 2.75 bits per heavy atom. The standard InChI is InChI=1S/C18H21N3O3S.C2HF3O2/c1-13-20-16(11-25-13)17(22)21-7-3-5-18(12-21)8-15(10-23-18)24-14-4-2-6-19-9-14;3-2(4,5)1(6)7/h2,4,6,9,11,15H,3,5,7-8,10,12H2,1H3;(H,6,7)/t15-,18+;/m1./s1. The highest BCUT2D eigenvalue weighted by molar-refractivity contribution is 7.09. The Bertz CT molecular complexity index is 940. The van der Waals surface area contributed by atoms with Crippen molar-refractivity contribution in [2.75, 3.05) is 19.7 Å². The third-order valence-corrected chi connectivity index (χ3v) is 5.79. The number of aromatic nitrogens is 2. The molecule has 2 aromatic rings. The highest BCUT2D eigenvalue weighted by atomic mass is 32.1. The van der Waals surface area contributed by atoms with Crippen molar-refractivity contribution in [2.45, 2.75) is 44.1 Å². The van der Waals surface area contributed by atoms with Crippen molar-refractivity contribution in [1.29, 1.82) is 0 Å². The number of hydrogen-bond acceptors (Lipinski definition) is 7. The summed E-state index contributed by atoms with van der Waals surface area (Å²) >= 11 is 1.51. The van der Waals surface area contributed by atoms with Gasteiger partial charge in [-0.25, -0.2) is 9.78 Å². The zero-order chi connectivity index (χ0) is 23.4. The summed E-state index contributed by atoms with van der Waals surface area (Å²) in [6, 6.07) is 3.76. The van der Waals surface area contributed by atoms with E-state index in [1.54, 1.807) is 12.4 Å². The number of likely N-dealkylation sites (tertiary alicyclic amines) is 1. The van der Waals surface area contributed by atoms with Gasteiger partial charge >= 0.3 is 12.1 Å². The van der Waals surface area contributed by atoms with Crippen LogP contribution in [0, 0.1) is 6.92 Å². The number of aliphatic carboxylic acids is 1. The van der Waals surface area contributed by atoms with E-state index in [2.05, 4.69) is 9.97 Å². The number of carboxylic acids is 1. The van der Waals surface area contributed by atoms with Crippen molar-refractivity contribution < 1.29 is 37.3 Å². The number of hydrogen-bond donors (Lipinski definition) is 1. The quantitative estimate of drug-likeness (QED) is 0.730. The number of pyridine rings is 1. The Morgan fingerprint density at radius 1 is 1.41 bits per heavy atom. The second-order valence-corrected chi connectivity index (χ2v) is 8.57. The van der Waals surface area contributed by atoms with Gasteiger partial charge in [-0.2, -0.15) is 13.2 Å². The third-order valence-electron chi connectivity index (χ3n) is 5.02. The Labute approximate surface area is 186 Å². The van der Waals surface area contributed by atoms with Crippen LogP contribution in [0.4, 0.5) is 13.2 Å². The van der Waals surface area contributed by atoms with Crippen molar-refractivity contribution in [2.24, 2.45) is 0 Å². The highest BCUT2D eigenvalue weighted by Gasteiger charge is 2.45. The fourth-order valence-electron chi connectivity index (χ4n) is 3.67. The van der Waals surface area contributed by atoms with Gasteiger partial charge in [-0.05, 0) is 31.9 Å². The zero-order valence-electron chi connectivity index (χ0n) is 17.2. The molecule has 2 aliphatic heterocycles. The normalized spacial score (nSPS) is 22.9. The van der Waals surface area contributed by atoms with E-state index in [-0.39, 0.29) is 17.6 Å². The first-order chi connectivity index (χ1) is 15.1. The van der Waals surface area contributed by atoms with Crippen LogP contribution in [0.1, 0.15) is 34.8 Å². The van der Waals surface area contributed by atoms with E-state index in [9.17, 15) is 18.0 Å². The number of thiazole rings is 1. The molecule has 0 aliphatic carbocycles. The molecule has 1 amide bonds. The van der Waals surface area contributed by atoms with E-state index in [0.29, 0.717) is 18.8 Å². The van der Waals surface area contributed by atoms with Crippen molar-refractivity contribution in [1.82, 2.24) is 14.9 Å². The summed E-state index contributed by atoms with van der Waals surface area (Å²) < 4.78 is 43.9. The molecule has 174 valence electrons. The predicted octanol–water partition coefficient (Wildman–Crippen LogP) is 3.32. The maximum atomic E-state index is 12.7. The van der Waals surface area contributed by atoms with Crippen LogP contribution in [0.15, 0.2) is 29.9 Å². The van der Waals surface area contributed by atoms with Crippen LogP contribution in [0.2, 0.25) is 0 Å². The summed E-state index contributed by atoms with van der Waals surface area (Å²) in [5.41, 5.74) is 0.243. The van der Waals surface area contributed by atoms with Crippen LogP contribution in [0.5, 0.6) is 5.75 Å². The van der Waals surface area contributed by atoms with Crippen LogP contribution >= 0.6 is 11.3 Å². The van der Waals surface area contributed by atoms with E-state index in [0.717, 1.165) is 36.6 Å². The third kappa shape index (κ3) is 6.16. The number of halogens is 3. The molecule has 0 radical (unpaired) electrons. The van der Waals surface area contributed by atoms with Gasteiger partial charge in [-0.15, -0.1) is 11.3 Å². The Kier molecular flexibility index (Phi) is 7.34. The number of alkyl halides is 3. The number of piperidine rings is 1. The number of amides is 1. The molecule has 2 fully saturated rings. The molecule has 4 rings (SSSR count). The van der Waals surface area contributed by atoms with Crippen LogP contribution < -0.4 is 4.74 Å². The first-order valence-corrected chi connectivity index (χ1v) is 10.7. The second-order valence-electron chi connectivity index (χ2n) is 7.51. The Morgan fingerprint density at radius 2 is 2.16 bits per heavy atom. The molecule has 0 bridgehead atoms. The SMILES string of the molecule is Cc1nc(C(=O)N2CCC[C@]3(C[C@@H](Oc4cccnc4)CO3)C2)cs1.O=C(O)C(F)(F)F. The molecule has 2 atom stereocenters. The number of ether oxygens (including phenoxy) is 2. The maximum Gasteiger partial charge on any atom is 0.490 e. The smallest absolute Gasteiger partial charge is 0.486 e. The molecule has 32 heavy (non-hydrogen) atoms. The summed E-state index contributed by atoms with van der Waals surface area (Å²) in [5.74, 6) is -1.99. The second kappa shape index (κ2) is 9.82. The molecule has 4 heterocycles. The highest BCUT2D eigenvalue weighted by Crippen LogP contribution is 2.36. The summed E-state index contributed by atoms with van der Waals surface area (Å²) in [5, 5.41) is 9.88. The van der Waals surface area contributed by atoms with E-state index < -0.39 is 12.1 Å². The molecule has 1 spiro atoms. The van der Waals surface area contributed by atoms with Crippen molar-refractivity contribution in [3.63, 3.8) is 0 Å². The first-order valence-electron chi connectivity index (χ1n) is 9.80. The molecule has 0 aromatic carbocycles. The summed E-state index contributed by atoms with van der Waals surface area (Å²) in [4.78, 5) is 31.9. The van der Waals surface area contributed by atoms with E-state index >= 15 is 0 Å². The Balaban J connectivity index is 0.000000360. The fraction of sp³-hybridized carbons (Fsp3) is 0.500. The maximum absolute atomic E-state index is 12.7. The molecule has 2 aromatic heterocycles. The van der Waals surface area contributed by atoms with Crippen LogP contribution in [0.3, 0.4) is 0 Å². The molecule has 2 saturated heterocycles. The zero-order valence-corrected chi connectivity index (χ0v) is 18.0. The Hall–Kier alpha value is -2.73. The molecule has 2 aliphatic rings. The van der Waals surface area contributed by atoms with Crippen molar-refractivity contribution >= 4 is 23.2 Å². The molecule has 8 nitrogen and oxygen atoms in total. The average Bonchev–Trinajstić information content (AvgIpc) is 3.34. The topological polar surface area (TPSA) is 102 Å². The van der Waals surface area contributed by atoms with Gasteiger partial charge in [-0.3, -0.25) is 9.78 Å². The number of carbonyl (C=O) groups is 2. The molecule has 1 N–H and O–H groups in total. The van der Waals surface area contributed by atoms with Gasteiger partial charge in [0.1, 0.15) is 17.5 Å². The first kappa shape index (κ1) is 23.9. The van der Waals surface area contributed by atoms with Gasteiger partial charge in [0.25, 0.3) is 5.91 Å². The molecule has 0 saturated carbocycles. The number of carbonyl (C=O) groups excluding carboxylic acids is 1. The molecular formula is C20H22F3N3O5S. The number of carboxylic acid groups (broad SMARTS) is 1. The van der Waals surface area contributed by atoms with Crippen LogP contribution in [-0.2, 0) is 9.53 Å². The van der Waals surface area contributed by atoms with E-state index in [1.165, 1.54) is 11.3 Å². The van der Waals surface area contributed by atoms with Crippen LogP contribution in [0.25, 0.3) is 0 Å². The number of rotatable bonds is 3. The summed E-state index contributed by atoms with van der Waals surface area (Å²) in [7, 11) is 0.